The van der Waals surface area contributed by atoms with Crippen molar-refractivity contribution in [1.82, 2.24) is 0 Å². The Bertz CT molecular complexity index is 278. The number of hydrogen-bond donors (Lipinski definition) is 1. The van der Waals surface area contributed by atoms with Gasteiger partial charge in [-0.25, -0.2) is 0 Å². The molecule has 1 heteroatoms. The lowest BCUT2D eigenvalue weighted by Crippen LogP contribution is -2.11. The molecule has 0 amide bonds. The predicted molar refractivity (Wildman–Crippen MR) is 49.2 cm³/mol. The van der Waals surface area contributed by atoms with E-state index in [2.05, 4.69) is 24.3 Å². The van der Waals surface area contributed by atoms with E-state index in [-0.39, 0.29) is 6.10 Å². The van der Waals surface area contributed by atoms with Crippen LogP contribution in [0.15, 0.2) is 24.3 Å². The van der Waals surface area contributed by atoms with Crippen molar-refractivity contribution in [2.45, 2.75) is 31.8 Å². The minimum atomic E-state index is -0.200. The zero-order chi connectivity index (χ0) is 8.55. The highest BCUT2D eigenvalue weighted by Crippen LogP contribution is 2.34. The maximum Gasteiger partial charge on any atom is 0.0580 e. The summed E-state index contributed by atoms with van der Waals surface area (Å²) in [5, 5.41) is 9.50. The average molecular weight is 162 g/mol. The third-order valence-electron chi connectivity index (χ3n) is 2.76. The molecule has 1 aromatic rings. The maximum absolute atomic E-state index is 9.50. The summed E-state index contributed by atoms with van der Waals surface area (Å²) in [6, 6.07) is 8.43. The normalized spacial score (nSPS) is 23.7. The van der Waals surface area contributed by atoms with Crippen LogP contribution in [0.4, 0.5) is 0 Å². The number of benzene rings is 1. The van der Waals surface area contributed by atoms with E-state index in [9.17, 15) is 5.11 Å². The molecule has 1 N–H and O–H groups in total. The molecule has 1 aliphatic rings. The molecular weight excluding hydrogens is 148 g/mol. The van der Waals surface area contributed by atoms with Gasteiger partial charge in [-0.3, -0.25) is 0 Å². The molecule has 12 heavy (non-hydrogen) atoms. The summed E-state index contributed by atoms with van der Waals surface area (Å²) in [6.45, 7) is 1.88. The van der Waals surface area contributed by atoms with Gasteiger partial charge in [0.15, 0.2) is 0 Å². The van der Waals surface area contributed by atoms with Gasteiger partial charge in [0.25, 0.3) is 0 Å². The molecule has 0 radical (unpaired) electrons. The molecule has 0 bridgehead atoms. The quantitative estimate of drug-likeness (QED) is 0.670. The van der Waals surface area contributed by atoms with Gasteiger partial charge in [0.05, 0.1) is 6.10 Å². The zero-order valence-corrected chi connectivity index (χ0v) is 7.33. The van der Waals surface area contributed by atoms with Crippen molar-refractivity contribution in [3.05, 3.63) is 35.4 Å². The fourth-order valence-corrected chi connectivity index (χ4v) is 2.09. The molecule has 1 aliphatic carbocycles. The summed E-state index contributed by atoms with van der Waals surface area (Å²) >= 11 is 0. The van der Waals surface area contributed by atoms with E-state index >= 15 is 0 Å². The summed E-state index contributed by atoms with van der Waals surface area (Å²) in [7, 11) is 0. The fraction of sp³-hybridized carbons (Fsp3) is 0.455. The molecule has 1 aromatic carbocycles. The second-order valence-corrected chi connectivity index (χ2v) is 3.58. The SMILES string of the molecule is CC(O)C1CCc2ccccc21. The van der Waals surface area contributed by atoms with Crippen molar-refractivity contribution in [3.8, 4) is 0 Å². The highest BCUT2D eigenvalue weighted by molar-refractivity contribution is 5.35. The molecule has 0 aliphatic heterocycles. The largest absolute Gasteiger partial charge is 0.393 e. The Kier molecular flexibility index (Phi) is 1.89. The number of rotatable bonds is 1. The lowest BCUT2D eigenvalue weighted by atomic mass is 9.97. The summed E-state index contributed by atoms with van der Waals surface area (Å²) in [5.41, 5.74) is 2.77. The minimum Gasteiger partial charge on any atom is -0.393 e. The van der Waals surface area contributed by atoms with Gasteiger partial charge in [0.1, 0.15) is 0 Å². The highest BCUT2D eigenvalue weighted by Gasteiger charge is 2.25. The number of hydrogen-bond acceptors (Lipinski definition) is 1. The van der Waals surface area contributed by atoms with Crippen LogP contribution >= 0.6 is 0 Å². The van der Waals surface area contributed by atoms with E-state index in [1.54, 1.807) is 0 Å². The van der Waals surface area contributed by atoms with Crippen molar-refractivity contribution in [2.75, 3.05) is 0 Å². The van der Waals surface area contributed by atoms with Crippen LogP contribution in [-0.4, -0.2) is 11.2 Å². The molecule has 0 aromatic heterocycles. The van der Waals surface area contributed by atoms with Gasteiger partial charge in [-0.15, -0.1) is 0 Å². The van der Waals surface area contributed by atoms with Crippen molar-refractivity contribution < 1.29 is 5.11 Å². The highest BCUT2D eigenvalue weighted by atomic mass is 16.3. The molecule has 2 unspecified atom stereocenters. The van der Waals surface area contributed by atoms with E-state index in [1.807, 2.05) is 6.92 Å². The molecule has 64 valence electrons. The van der Waals surface area contributed by atoms with Gasteiger partial charge in [-0.2, -0.15) is 0 Å². The van der Waals surface area contributed by atoms with E-state index in [0.29, 0.717) is 5.92 Å². The molecular formula is C11H14O. The standard InChI is InChI=1S/C11H14O/c1-8(12)10-7-6-9-4-2-3-5-11(9)10/h2-5,8,10,12H,6-7H2,1H3. The Morgan fingerprint density at radius 3 is 2.92 bits per heavy atom. The van der Waals surface area contributed by atoms with Crippen molar-refractivity contribution in [1.29, 1.82) is 0 Å². The van der Waals surface area contributed by atoms with Gasteiger partial charge in [-0.1, -0.05) is 24.3 Å². The molecule has 0 saturated heterocycles. The zero-order valence-electron chi connectivity index (χ0n) is 7.33. The molecule has 0 heterocycles. The van der Waals surface area contributed by atoms with Gasteiger partial charge >= 0.3 is 0 Å². The van der Waals surface area contributed by atoms with Crippen LogP contribution in [-0.2, 0) is 6.42 Å². The lowest BCUT2D eigenvalue weighted by Gasteiger charge is -2.13. The molecule has 0 fully saturated rings. The average Bonchev–Trinajstić information content (AvgIpc) is 2.47. The number of fused-ring (bicyclic) bond motifs is 1. The third-order valence-corrected chi connectivity index (χ3v) is 2.76. The smallest absolute Gasteiger partial charge is 0.0580 e. The first-order valence-electron chi connectivity index (χ1n) is 4.55. The van der Waals surface area contributed by atoms with Gasteiger partial charge in [0.2, 0.25) is 0 Å². The van der Waals surface area contributed by atoms with Gasteiger partial charge < -0.3 is 5.11 Å². The summed E-state index contributed by atoms with van der Waals surface area (Å²) in [6.07, 6.45) is 2.04. The lowest BCUT2D eigenvalue weighted by molar-refractivity contribution is 0.162. The Morgan fingerprint density at radius 1 is 1.42 bits per heavy atom. The van der Waals surface area contributed by atoms with Crippen LogP contribution < -0.4 is 0 Å². The van der Waals surface area contributed by atoms with E-state index in [1.165, 1.54) is 11.1 Å². The third kappa shape index (κ3) is 1.14. The van der Waals surface area contributed by atoms with E-state index in [4.69, 9.17) is 0 Å². The summed E-state index contributed by atoms with van der Waals surface area (Å²) < 4.78 is 0. The molecule has 2 rings (SSSR count). The van der Waals surface area contributed by atoms with Crippen molar-refractivity contribution >= 4 is 0 Å². The molecule has 0 saturated carbocycles. The first kappa shape index (κ1) is 7.81. The number of aliphatic hydroxyl groups is 1. The monoisotopic (exact) mass is 162 g/mol. The Hall–Kier alpha value is -0.820. The van der Waals surface area contributed by atoms with Crippen LogP contribution in [0.3, 0.4) is 0 Å². The van der Waals surface area contributed by atoms with Gasteiger partial charge in [0, 0.05) is 5.92 Å². The van der Waals surface area contributed by atoms with E-state index < -0.39 is 0 Å². The Morgan fingerprint density at radius 2 is 2.17 bits per heavy atom. The van der Waals surface area contributed by atoms with Crippen LogP contribution in [0, 0.1) is 0 Å². The fourth-order valence-electron chi connectivity index (χ4n) is 2.09. The molecule has 0 spiro atoms. The summed E-state index contributed by atoms with van der Waals surface area (Å²) in [4.78, 5) is 0. The number of aliphatic hydroxyl groups excluding tert-OH is 1. The van der Waals surface area contributed by atoms with Gasteiger partial charge in [-0.05, 0) is 30.9 Å². The molecule has 1 nitrogen and oxygen atoms in total. The topological polar surface area (TPSA) is 20.2 Å². The Balaban J connectivity index is 2.36. The molecule has 2 atom stereocenters. The second kappa shape index (κ2) is 2.91. The minimum absolute atomic E-state index is 0.200. The van der Waals surface area contributed by atoms with Crippen molar-refractivity contribution in [2.24, 2.45) is 0 Å². The second-order valence-electron chi connectivity index (χ2n) is 3.58. The van der Waals surface area contributed by atoms with Crippen LogP contribution in [0.2, 0.25) is 0 Å². The maximum atomic E-state index is 9.50. The van der Waals surface area contributed by atoms with Crippen LogP contribution in [0.25, 0.3) is 0 Å². The van der Waals surface area contributed by atoms with E-state index in [0.717, 1.165) is 12.8 Å². The predicted octanol–water partition coefficient (Wildman–Crippen LogP) is 2.10. The Labute approximate surface area is 73.0 Å². The van der Waals surface area contributed by atoms with Crippen LogP contribution in [0.5, 0.6) is 0 Å². The van der Waals surface area contributed by atoms with Crippen LogP contribution in [0.1, 0.15) is 30.4 Å². The first-order chi connectivity index (χ1) is 5.79. The summed E-state index contributed by atoms with van der Waals surface area (Å²) in [5.74, 6) is 0.376. The first-order valence-corrected chi connectivity index (χ1v) is 4.55. The number of aryl methyl sites for hydroxylation is 1. The van der Waals surface area contributed by atoms with Crippen molar-refractivity contribution in [3.63, 3.8) is 0 Å².